The molecule has 0 spiro atoms. The lowest BCUT2D eigenvalue weighted by Crippen LogP contribution is -2.30. The van der Waals surface area contributed by atoms with Gasteiger partial charge in [0, 0.05) is 12.2 Å². The molecule has 244 valence electrons. The molecule has 0 heterocycles. The van der Waals surface area contributed by atoms with E-state index in [1.165, 1.54) is 24.3 Å². The van der Waals surface area contributed by atoms with Gasteiger partial charge < -0.3 is 38.6 Å². The molecule has 3 rings (SSSR count). The predicted molar refractivity (Wildman–Crippen MR) is 156 cm³/mol. The molecule has 0 atom stereocenters. The maximum Gasteiger partial charge on any atom is 0.342 e. The van der Waals surface area contributed by atoms with Gasteiger partial charge in [-0.15, -0.1) is 0 Å². The van der Waals surface area contributed by atoms with E-state index in [1.807, 2.05) is 0 Å². The van der Waals surface area contributed by atoms with Crippen molar-refractivity contribution in [1.82, 2.24) is 0 Å². The van der Waals surface area contributed by atoms with Gasteiger partial charge in [0.15, 0.2) is 0 Å². The summed E-state index contributed by atoms with van der Waals surface area (Å²) in [5, 5.41) is 20.1. The van der Waals surface area contributed by atoms with Crippen LogP contribution in [0.1, 0.15) is 46.4 Å². The number of esters is 6. The molecule has 0 bridgehead atoms. The Morgan fingerprint density at radius 3 is 1.30 bits per heavy atom. The van der Waals surface area contributed by atoms with Crippen molar-refractivity contribution in [3.8, 4) is 23.0 Å². The van der Waals surface area contributed by atoms with Crippen molar-refractivity contribution < 1.29 is 67.4 Å². The van der Waals surface area contributed by atoms with Crippen LogP contribution in [0.25, 0.3) is 0 Å². The summed E-state index contributed by atoms with van der Waals surface area (Å²) in [6.45, 7) is 5.50. The maximum absolute atomic E-state index is 12.8. The van der Waals surface area contributed by atoms with Gasteiger partial charge in [-0.1, -0.05) is 13.2 Å². The number of hydrogen-bond donors (Lipinski definition) is 2. The maximum atomic E-state index is 12.8. The van der Waals surface area contributed by atoms with E-state index in [4.69, 9.17) is 28.4 Å². The van der Waals surface area contributed by atoms with Crippen LogP contribution in [-0.4, -0.2) is 72.5 Å². The Hall–Kier alpha value is -5.66. The molecule has 14 heteroatoms. The van der Waals surface area contributed by atoms with E-state index >= 15 is 0 Å². The van der Waals surface area contributed by atoms with Crippen molar-refractivity contribution in [3.05, 3.63) is 72.8 Å². The monoisotopic (exact) mass is 640 g/mol. The lowest BCUT2D eigenvalue weighted by Gasteiger charge is -2.26. The first kappa shape index (κ1) is 34.8. The van der Waals surface area contributed by atoms with Crippen LogP contribution in [0.3, 0.4) is 0 Å². The third kappa shape index (κ3) is 10.2. The number of benzene rings is 2. The van der Waals surface area contributed by atoms with Crippen molar-refractivity contribution in [1.29, 1.82) is 0 Å². The highest BCUT2D eigenvalue weighted by Gasteiger charge is 2.32. The molecule has 0 amide bonds. The molecular weight excluding hydrogens is 608 g/mol. The van der Waals surface area contributed by atoms with E-state index in [9.17, 15) is 39.0 Å². The highest BCUT2D eigenvalue weighted by atomic mass is 16.6. The minimum absolute atomic E-state index is 0.00573. The molecule has 0 aliphatic heterocycles. The van der Waals surface area contributed by atoms with Gasteiger partial charge in [-0.25, -0.2) is 19.2 Å². The SMILES string of the molecule is C=CC(=O)OCCOC(=O)c1cc(OC(=O)C2CCC(C(=O)Oc3ccc(O)c(C(=O)OCCOC(=O)C=C)c3)CC2)ccc1O. The fraction of sp³-hybridized carbons (Fsp3) is 0.312. The zero-order chi connectivity index (χ0) is 33.6. The molecule has 1 fully saturated rings. The van der Waals surface area contributed by atoms with Gasteiger partial charge in [-0.3, -0.25) is 9.59 Å². The Morgan fingerprint density at radius 1 is 0.609 bits per heavy atom. The van der Waals surface area contributed by atoms with E-state index in [1.54, 1.807) is 0 Å². The molecule has 0 unspecified atom stereocenters. The molecule has 0 saturated heterocycles. The van der Waals surface area contributed by atoms with E-state index < -0.39 is 59.2 Å². The number of hydrogen-bond acceptors (Lipinski definition) is 14. The van der Waals surface area contributed by atoms with Gasteiger partial charge >= 0.3 is 35.8 Å². The van der Waals surface area contributed by atoms with Crippen molar-refractivity contribution in [2.24, 2.45) is 11.8 Å². The van der Waals surface area contributed by atoms with Crippen LogP contribution in [0.15, 0.2) is 61.7 Å². The van der Waals surface area contributed by atoms with Gasteiger partial charge in [0.25, 0.3) is 0 Å². The summed E-state index contributed by atoms with van der Waals surface area (Å²) in [5.74, 6) is -6.32. The molecule has 2 aromatic carbocycles. The Kier molecular flexibility index (Phi) is 12.9. The highest BCUT2D eigenvalue weighted by molar-refractivity contribution is 5.94. The Labute approximate surface area is 263 Å². The summed E-state index contributed by atoms with van der Waals surface area (Å²) in [7, 11) is 0. The molecule has 14 nitrogen and oxygen atoms in total. The number of phenols is 2. The molecule has 46 heavy (non-hydrogen) atoms. The van der Waals surface area contributed by atoms with Crippen LogP contribution in [-0.2, 0) is 38.1 Å². The van der Waals surface area contributed by atoms with Gasteiger partial charge in [0.05, 0.1) is 11.8 Å². The molecule has 1 aliphatic carbocycles. The molecule has 1 aliphatic rings. The van der Waals surface area contributed by atoms with Crippen LogP contribution in [0.5, 0.6) is 23.0 Å². The Balaban J connectivity index is 1.49. The second-order valence-electron chi connectivity index (χ2n) is 9.76. The standard InChI is InChI=1S/C32H32O14/c1-3-27(35)41-13-15-43-31(39)23-17-21(9-11-25(23)33)45-29(37)19-5-7-20(8-6-19)30(38)46-22-10-12-26(34)24(18-22)32(40)44-16-14-42-28(36)4-2/h3-4,9-12,17-20,33-34H,1-2,5-8,13-16H2. The smallest absolute Gasteiger partial charge is 0.342 e. The summed E-state index contributed by atoms with van der Waals surface area (Å²) in [5.41, 5.74) is -0.516. The second-order valence-corrected chi connectivity index (χ2v) is 9.76. The zero-order valence-electron chi connectivity index (χ0n) is 24.6. The summed E-state index contributed by atoms with van der Waals surface area (Å²) in [6.07, 6.45) is 3.13. The largest absolute Gasteiger partial charge is 0.507 e. The van der Waals surface area contributed by atoms with Gasteiger partial charge in [0.2, 0.25) is 0 Å². The first-order chi connectivity index (χ1) is 22.0. The van der Waals surface area contributed by atoms with Crippen LogP contribution < -0.4 is 9.47 Å². The molecule has 2 N–H and O–H groups in total. The number of phenolic OH excluding ortho intramolecular Hbond substituents is 2. The molecular formula is C32H32O14. The number of rotatable bonds is 14. The van der Waals surface area contributed by atoms with Gasteiger partial charge in [-0.05, 0) is 62.1 Å². The third-order valence-electron chi connectivity index (χ3n) is 6.66. The highest BCUT2D eigenvalue weighted by Crippen LogP contribution is 2.33. The Morgan fingerprint density at radius 2 is 0.957 bits per heavy atom. The minimum Gasteiger partial charge on any atom is -0.507 e. The first-order valence-electron chi connectivity index (χ1n) is 14.0. The quantitative estimate of drug-likeness (QED) is 0.100. The summed E-state index contributed by atoms with van der Waals surface area (Å²) in [6, 6.07) is 7.23. The fourth-order valence-electron chi connectivity index (χ4n) is 4.27. The Bertz CT molecular complexity index is 1370. The molecule has 0 aromatic heterocycles. The lowest BCUT2D eigenvalue weighted by atomic mass is 9.82. The van der Waals surface area contributed by atoms with E-state index in [-0.39, 0.29) is 49.1 Å². The second kappa shape index (κ2) is 17.0. The zero-order valence-corrected chi connectivity index (χ0v) is 24.6. The van der Waals surface area contributed by atoms with Gasteiger partial charge in [0.1, 0.15) is 60.6 Å². The van der Waals surface area contributed by atoms with E-state index in [2.05, 4.69) is 13.2 Å². The summed E-state index contributed by atoms with van der Waals surface area (Å²) < 4.78 is 30.2. The number of carbonyl (C=O) groups is 6. The number of ether oxygens (including phenoxy) is 6. The minimum atomic E-state index is -0.923. The average Bonchev–Trinajstić information content (AvgIpc) is 3.06. The van der Waals surface area contributed by atoms with Crippen LogP contribution in [0.4, 0.5) is 0 Å². The summed E-state index contributed by atoms with van der Waals surface area (Å²) >= 11 is 0. The predicted octanol–water partition coefficient (Wildman–Crippen LogP) is 3.19. The van der Waals surface area contributed by atoms with E-state index in [0.717, 1.165) is 24.3 Å². The molecule has 2 aromatic rings. The summed E-state index contributed by atoms with van der Waals surface area (Å²) in [4.78, 5) is 72.4. The van der Waals surface area contributed by atoms with Gasteiger partial charge in [-0.2, -0.15) is 0 Å². The first-order valence-corrected chi connectivity index (χ1v) is 14.0. The number of aromatic hydroxyl groups is 2. The fourth-order valence-corrected chi connectivity index (χ4v) is 4.27. The molecule has 0 radical (unpaired) electrons. The topological polar surface area (TPSA) is 198 Å². The third-order valence-corrected chi connectivity index (χ3v) is 6.66. The normalized spacial score (nSPS) is 15.4. The van der Waals surface area contributed by atoms with Crippen molar-refractivity contribution in [2.75, 3.05) is 26.4 Å². The van der Waals surface area contributed by atoms with Crippen LogP contribution in [0, 0.1) is 11.8 Å². The van der Waals surface area contributed by atoms with E-state index in [0.29, 0.717) is 25.7 Å². The van der Waals surface area contributed by atoms with Crippen molar-refractivity contribution >= 4 is 35.8 Å². The molecule has 1 saturated carbocycles. The average molecular weight is 641 g/mol. The number of carbonyl (C=O) groups excluding carboxylic acids is 6. The van der Waals surface area contributed by atoms with Crippen molar-refractivity contribution in [3.63, 3.8) is 0 Å². The van der Waals surface area contributed by atoms with Crippen molar-refractivity contribution in [2.45, 2.75) is 25.7 Å². The lowest BCUT2D eigenvalue weighted by molar-refractivity contribution is -0.145. The van der Waals surface area contributed by atoms with Crippen LogP contribution in [0.2, 0.25) is 0 Å². The van der Waals surface area contributed by atoms with Crippen LogP contribution >= 0.6 is 0 Å².